The predicted molar refractivity (Wildman–Crippen MR) is 77.0 cm³/mol. The Morgan fingerprint density at radius 2 is 2.32 bits per heavy atom. The molecular weight excluding hydrogens is 258 g/mol. The molecular formula is C13H17N5S. The summed E-state index contributed by atoms with van der Waals surface area (Å²) >= 11 is 1.54. The maximum Gasteiger partial charge on any atom is 0.211 e. The highest BCUT2D eigenvalue weighted by atomic mass is 32.1. The van der Waals surface area contributed by atoms with Gasteiger partial charge in [-0.2, -0.15) is 0 Å². The molecule has 1 aliphatic heterocycles. The molecule has 2 aromatic heterocycles. The zero-order chi connectivity index (χ0) is 13.1. The summed E-state index contributed by atoms with van der Waals surface area (Å²) in [5.74, 6) is 1.37. The standard InChI is InChI=1S/C13H17N5S/c1-9-17-18-13(19-9)16-12-6-2-5-11(15-12)10-4-3-7-14-8-10/h2,5-6,10,14H,3-4,7-8H2,1H3,(H,15,16,18). The number of hydrogen-bond acceptors (Lipinski definition) is 6. The number of aromatic nitrogens is 3. The second-order valence-corrected chi connectivity index (χ2v) is 5.92. The van der Waals surface area contributed by atoms with Crippen molar-refractivity contribution in [3.8, 4) is 0 Å². The van der Waals surface area contributed by atoms with Crippen LogP contribution in [0.2, 0.25) is 0 Å². The van der Waals surface area contributed by atoms with E-state index in [9.17, 15) is 0 Å². The van der Waals surface area contributed by atoms with Gasteiger partial charge in [-0.3, -0.25) is 0 Å². The Labute approximate surface area is 116 Å². The summed E-state index contributed by atoms with van der Waals surface area (Å²) in [6, 6.07) is 6.12. The minimum Gasteiger partial charge on any atom is -0.316 e. The molecule has 6 heteroatoms. The SMILES string of the molecule is Cc1nnc(Nc2cccc(C3CCCNC3)n2)s1. The molecule has 1 saturated heterocycles. The molecule has 5 nitrogen and oxygen atoms in total. The second-order valence-electron chi connectivity index (χ2n) is 4.74. The topological polar surface area (TPSA) is 62.7 Å². The van der Waals surface area contributed by atoms with E-state index in [-0.39, 0.29) is 0 Å². The summed E-state index contributed by atoms with van der Waals surface area (Å²) in [5, 5.41) is 16.4. The summed E-state index contributed by atoms with van der Waals surface area (Å²) in [5.41, 5.74) is 1.15. The van der Waals surface area contributed by atoms with Crippen LogP contribution in [0.5, 0.6) is 0 Å². The first-order chi connectivity index (χ1) is 9.31. The van der Waals surface area contributed by atoms with Gasteiger partial charge in [0.1, 0.15) is 10.8 Å². The van der Waals surface area contributed by atoms with Gasteiger partial charge in [-0.05, 0) is 38.4 Å². The lowest BCUT2D eigenvalue weighted by molar-refractivity contribution is 0.455. The normalized spacial score (nSPS) is 19.3. The Bertz CT molecular complexity index is 547. The fraction of sp³-hybridized carbons (Fsp3) is 0.462. The molecule has 0 bridgehead atoms. The molecule has 0 spiro atoms. The summed E-state index contributed by atoms with van der Waals surface area (Å²) in [6.45, 7) is 4.09. The van der Waals surface area contributed by atoms with Crippen LogP contribution in [0.1, 0.15) is 29.5 Å². The summed E-state index contributed by atoms with van der Waals surface area (Å²) in [4.78, 5) is 4.69. The molecule has 2 aromatic rings. The van der Waals surface area contributed by atoms with Gasteiger partial charge in [-0.15, -0.1) is 10.2 Å². The van der Waals surface area contributed by atoms with E-state index in [2.05, 4.69) is 31.9 Å². The molecule has 0 aliphatic carbocycles. The van der Waals surface area contributed by atoms with E-state index >= 15 is 0 Å². The number of rotatable bonds is 3. The zero-order valence-corrected chi connectivity index (χ0v) is 11.7. The fourth-order valence-corrected chi connectivity index (χ4v) is 2.91. The Balaban J connectivity index is 1.75. The monoisotopic (exact) mass is 275 g/mol. The van der Waals surface area contributed by atoms with Crippen LogP contribution in [0.25, 0.3) is 0 Å². The molecule has 100 valence electrons. The van der Waals surface area contributed by atoms with Crippen molar-refractivity contribution < 1.29 is 0 Å². The van der Waals surface area contributed by atoms with E-state index in [1.807, 2.05) is 19.1 Å². The van der Waals surface area contributed by atoms with Crippen LogP contribution in [-0.2, 0) is 0 Å². The van der Waals surface area contributed by atoms with Crippen LogP contribution in [-0.4, -0.2) is 28.3 Å². The number of nitrogens with zero attached hydrogens (tertiary/aromatic N) is 3. The molecule has 2 N–H and O–H groups in total. The van der Waals surface area contributed by atoms with Gasteiger partial charge >= 0.3 is 0 Å². The van der Waals surface area contributed by atoms with Gasteiger partial charge in [0.2, 0.25) is 5.13 Å². The van der Waals surface area contributed by atoms with Crippen LogP contribution >= 0.6 is 11.3 Å². The van der Waals surface area contributed by atoms with Crippen LogP contribution in [0.4, 0.5) is 10.9 Å². The first-order valence-electron chi connectivity index (χ1n) is 6.56. The van der Waals surface area contributed by atoms with Crippen molar-refractivity contribution in [2.24, 2.45) is 0 Å². The lowest BCUT2D eigenvalue weighted by Crippen LogP contribution is -2.28. The highest BCUT2D eigenvalue weighted by Crippen LogP contribution is 2.24. The first-order valence-corrected chi connectivity index (χ1v) is 7.38. The van der Waals surface area contributed by atoms with Gasteiger partial charge in [0, 0.05) is 18.2 Å². The number of hydrogen-bond donors (Lipinski definition) is 2. The maximum atomic E-state index is 4.69. The van der Waals surface area contributed by atoms with E-state index < -0.39 is 0 Å². The van der Waals surface area contributed by atoms with Crippen LogP contribution in [0.3, 0.4) is 0 Å². The maximum absolute atomic E-state index is 4.69. The molecule has 3 heterocycles. The Morgan fingerprint density at radius 3 is 3.05 bits per heavy atom. The van der Waals surface area contributed by atoms with Crippen molar-refractivity contribution >= 4 is 22.3 Å². The average molecular weight is 275 g/mol. The minimum atomic E-state index is 0.520. The molecule has 0 saturated carbocycles. The van der Waals surface area contributed by atoms with Crippen molar-refractivity contribution in [1.29, 1.82) is 0 Å². The number of aryl methyl sites for hydroxylation is 1. The predicted octanol–water partition coefficient (Wildman–Crippen LogP) is 2.45. The van der Waals surface area contributed by atoms with E-state index in [0.29, 0.717) is 5.92 Å². The lowest BCUT2D eigenvalue weighted by atomic mass is 9.96. The highest BCUT2D eigenvalue weighted by molar-refractivity contribution is 7.15. The lowest BCUT2D eigenvalue weighted by Gasteiger charge is -2.22. The third-order valence-electron chi connectivity index (χ3n) is 3.25. The third kappa shape index (κ3) is 3.08. The number of piperidine rings is 1. The van der Waals surface area contributed by atoms with Gasteiger partial charge in [-0.1, -0.05) is 17.4 Å². The molecule has 0 radical (unpaired) electrons. The van der Waals surface area contributed by atoms with Gasteiger partial charge in [0.05, 0.1) is 0 Å². The van der Waals surface area contributed by atoms with E-state index in [1.165, 1.54) is 24.2 Å². The van der Waals surface area contributed by atoms with Gasteiger partial charge in [0.25, 0.3) is 0 Å². The highest BCUT2D eigenvalue weighted by Gasteiger charge is 2.16. The second kappa shape index (κ2) is 5.63. The summed E-state index contributed by atoms with van der Waals surface area (Å²) in [6.07, 6.45) is 2.43. The van der Waals surface area contributed by atoms with Crippen molar-refractivity contribution in [2.75, 3.05) is 18.4 Å². The third-order valence-corrected chi connectivity index (χ3v) is 4.00. The Morgan fingerprint density at radius 1 is 1.37 bits per heavy atom. The molecule has 1 aliphatic rings. The van der Waals surface area contributed by atoms with E-state index in [1.54, 1.807) is 0 Å². The van der Waals surface area contributed by atoms with Crippen LogP contribution in [0.15, 0.2) is 18.2 Å². The summed E-state index contributed by atoms with van der Waals surface area (Å²) in [7, 11) is 0. The Hall–Kier alpha value is -1.53. The van der Waals surface area contributed by atoms with E-state index in [0.717, 1.165) is 34.7 Å². The van der Waals surface area contributed by atoms with Crippen LogP contribution in [0, 0.1) is 6.92 Å². The minimum absolute atomic E-state index is 0.520. The smallest absolute Gasteiger partial charge is 0.211 e. The number of anilines is 2. The molecule has 1 fully saturated rings. The van der Waals surface area contributed by atoms with Crippen molar-refractivity contribution in [3.63, 3.8) is 0 Å². The molecule has 0 amide bonds. The van der Waals surface area contributed by atoms with Crippen molar-refractivity contribution in [3.05, 3.63) is 28.9 Å². The average Bonchev–Trinajstić information content (AvgIpc) is 2.85. The molecule has 0 aromatic carbocycles. The number of nitrogens with one attached hydrogen (secondary N) is 2. The fourth-order valence-electron chi connectivity index (χ4n) is 2.31. The van der Waals surface area contributed by atoms with Crippen molar-refractivity contribution in [2.45, 2.75) is 25.7 Å². The molecule has 1 unspecified atom stereocenters. The van der Waals surface area contributed by atoms with Crippen LogP contribution < -0.4 is 10.6 Å². The quantitative estimate of drug-likeness (QED) is 0.901. The van der Waals surface area contributed by atoms with Gasteiger partial charge in [0.15, 0.2) is 0 Å². The first kappa shape index (κ1) is 12.5. The van der Waals surface area contributed by atoms with E-state index in [4.69, 9.17) is 0 Å². The van der Waals surface area contributed by atoms with Gasteiger partial charge in [-0.25, -0.2) is 4.98 Å². The largest absolute Gasteiger partial charge is 0.316 e. The van der Waals surface area contributed by atoms with Gasteiger partial charge < -0.3 is 10.6 Å². The number of pyridine rings is 1. The van der Waals surface area contributed by atoms with Crippen molar-refractivity contribution in [1.82, 2.24) is 20.5 Å². The molecule has 1 atom stereocenters. The molecule has 19 heavy (non-hydrogen) atoms. The summed E-state index contributed by atoms with van der Waals surface area (Å²) < 4.78 is 0. The molecule has 3 rings (SSSR count). The Kier molecular flexibility index (Phi) is 3.70. The zero-order valence-electron chi connectivity index (χ0n) is 10.9.